The molecule has 4 atom stereocenters. The van der Waals surface area contributed by atoms with Crippen molar-refractivity contribution in [3.05, 3.63) is 136 Å². The molecule has 0 radical (unpaired) electrons. The Morgan fingerprint density at radius 3 is 2.02 bits per heavy atom. The van der Waals surface area contributed by atoms with Crippen LogP contribution < -0.4 is 11.4 Å². The SMILES string of the molecule is C[C@@]1(OC(=O)c2ccccc2)[C@H](OC(=O)c2ccccc2)[C@@H](COC(=O)c2ccccc2)O[C@H]1n1cc(C=CCO)c(N)nc1=O. The van der Waals surface area contributed by atoms with Gasteiger partial charge in [0, 0.05) is 11.8 Å². The van der Waals surface area contributed by atoms with Crippen LogP contribution in [-0.2, 0) is 18.9 Å². The molecule has 0 saturated carbocycles. The molecule has 0 bridgehead atoms. The van der Waals surface area contributed by atoms with Crippen molar-refractivity contribution in [2.45, 2.75) is 31.0 Å². The number of carbonyl (C=O) groups is 3. The zero-order chi connectivity index (χ0) is 32.7. The smallest absolute Gasteiger partial charge is 0.351 e. The summed E-state index contributed by atoms with van der Waals surface area (Å²) in [5.41, 5.74) is 4.13. The van der Waals surface area contributed by atoms with E-state index in [1.54, 1.807) is 78.9 Å². The molecule has 1 aliphatic heterocycles. The molecule has 2 heterocycles. The second-order valence-corrected chi connectivity index (χ2v) is 10.5. The molecule has 4 aromatic rings. The zero-order valence-corrected chi connectivity index (χ0v) is 24.7. The van der Waals surface area contributed by atoms with Gasteiger partial charge in [-0.1, -0.05) is 66.7 Å². The van der Waals surface area contributed by atoms with Gasteiger partial charge in [0.15, 0.2) is 17.9 Å². The number of hydrogen-bond donors (Lipinski definition) is 2. The van der Waals surface area contributed by atoms with Crippen molar-refractivity contribution in [1.29, 1.82) is 0 Å². The summed E-state index contributed by atoms with van der Waals surface area (Å²) in [5, 5.41) is 9.29. The number of aliphatic hydroxyl groups is 1. The molecule has 12 nitrogen and oxygen atoms in total. The predicted molar refractivity (Wildman–Crippen MR) is 166 cm³/mol. The Balaban J connectivity index is 1.59. The van der Waals surface area contributed by atoms with Gasteiger partial charge in [0.2, 0.25) is 0 Å². The average Bonchev–Trinajstić information content (AvgIpc) is 3.34. The Kier molecular flexibility index (Phi) is 9.70. The van der Waals surface area contributed by atoms with Gasteiger partial charge in [-0.3, -0.25) is 4.57 Å². The summed E-state index contributed by atoms with van der Waals surface area (Å²) in [6, 6.07) is 24.4. The van der Waals surface area contributed by atoms with E-state index in [2.05, 4.69) is 4.98 Å². The van der Waals surface area contributed by atoms with Gasteiger partial charge in [-0.15, -0.1) is 0 Å². The first kappa shape index (κ1) is 31.8. The number of ether oxygens (including phenoxy) is 4. The molecular formula is C34H31N3O9. The zero-order valence-electron chi connectivity index (χ0n) is 24.7. The second-order valence-electron chi connectivity index (χ2n) is 10.5. The van der Waals surface area contributed by atoms with E-state index >= 15 is 0 Å². The highest BCUT2D eigenvalue weighted by Gasteiger charge is 2.60. The van der Waals surface area contributed by atoms with Crippen LogP contribution in [0.2, 0.25) is 0 Å². The molecule has 1 fully saturated rings. The summed E-state index contributed by atoms with van der Waals surface area (Å²) in [4.78, 5) is 57.0. The molecule has 12 heteroatoms. The maximum atomic E-state index is 13.5. The number of carbonyl (C=O) groups excluding carboxylic acids is 3. The van der Waals surface area contributed by atoms with E-state index in [0.717, 1.165) is 4.57 Å². The van der Waals surface area contributed by atoms with Crippen LogP contribution in [0.25, 0.3) is 6.08 Å². The summed E-state index contributed by atoms with van der Waals surface area (Å²) in [7, 11) is 0. The highest BCUT2D eigenvalue weighted by atomic mass is 16.7. The van der Waals surface area contributed by atoms with E-state index in [1.807, 2.05) is 0 Å². The third-order valence-corrected chi connectivity index (χ3v) is 7.32. The molecule has 1 aromatic heterocycles. The number of benzene rings is 3. The van der Waals surface area contributed by atoms with Gasteiger partial charge in [-0.2, -0.15) is 4.98 Å². The van der Waals surface area contributed by atoms with E-state index in [4.69, 9.17) is 24.7 Å². The van der Waals surface area contributed by atoms with E-state index in [9.17, 15) is 24.3 Å². The van der Waals surface area contributed by atoms with Crippen LogP contribution in [-0.4, -0.2) is 63.6 Å². The maximum Gasteiger partial charge on any atom is 0.351 e. The Labute approximate surface area is 263 Å². The minimum Gasteiger partial charge on any atom is -0.459 e. The van der Waals surface area contributed by atoms with Crippen molar-refractivity contribution in [2.24, 2.45) is 0 Å². The molecule has 3 aromatic carbocycles. The van der Waals surface area contributed by atoms with E-state index in [0.29, 0.717) is 0 Å². The molecule has 46 heavy (non-hydrogen) atoms. The van der Waals surface area contributed by atoms with E-state index < -0.39 is 54.2 Å². The van der Waals surface area contributed by atoms with Crippen LogP contribution in [0.15, 0.2) is 108 Å². The first-order valence-corrected chi connectivity index (χ1v) is 14.3. The number of nitrogen functional groups attached to an aromatic ring is 1. The number of nitrogens with zero attached hydrogens (tertiary/aromatic N) is 2. The van der Waals surface area contributed by atoms with Gasteiger partial charge >= 0.3 is 23.6 Å². The van der Waals surface area contributed by atoms with E-state index in [1.165, 1.54) is 37.4 Å². The largest absolute Gasteiger partial charge is 0.459 e. The van der Waals surface area contributed by atoms with Crippen molar-refractivity contribution in [2.75, 3.05) is 18.9 Å². The highest BCUT2D eigenvalue weighted by molar-refractivity contribution is 5.91. The molecule has 236 valence electrons. The molecular weight excluding hydrogens is 594 g/mol. The Morgan fingerprint density at radius 1 is 0.913 bits per heavy atom. The number of aliphatic hydroxyl groups excluding tert-OH is 1. The lowest BCUT2D eigenvalue weighted by Crippen LogP contribution is -2.51. The van der Waals surface area contributed by atoms with Crippen molar-refractivity contribution in [1.82, 2.24) is 9.55 Å². The lowest BCUT2D eigenvalue weighted by Gasteiger charge is -2.34. The fourth-order valence-electron chi connectivity index (χ4n) is 5.03. The first-order chi connectivity index (χ1) is 22.2. The average molecular weight is 626 g/mol. The number of esters is 3. The minimum atomic E-state index is -1.89. The molecule has 1 saturated heterocycles. The summed E-state index contributed by atoms with van der Waals surface area (Å²) in [6.07, 6.45) is 0.0952. The molecule has 1 aliphatic rings. The standard InChI is InChI=1S/C34H31N3O9/c1-34(46-31(41)24-16-9-4-10-17-24)27(45-30(40)23-14-7-3-8-15-23)26(21-43-29(39)22-12-5-2-6-13-22)44-32(34)37-20-25(18-11-19-38)28(35)36-33(37)42/h2-18,20,26-27,32,38H,19,21H2,1H3,(H2,35,36,42)/t26-,27-,32-,34-/m1/s1. The maximum absolute atomic E-state index is 13.5. The highest BCUT2D eigenvalue weighted by Crippen LogP contribution is 2.43. The van der Waals surface area contributed by atoms with Crippen LogP contribution in [0, 0.1) is 0 Å². The normalized spacial score (nSPS) is 20.7. The first-order valence-electron chi connectivity index (χ1n) is 14.3. The Bertz CT molecular complexity index is 1780. The quantitative estimate of drug-likeness (QED) is 0.196. The molecule has 0 spiro atoms. The number of anilines is 1. The predicted octanol–water partition coefficient (Wildman–Crippen LogP) is 3.43. The van der Waals surface area contributed by atoms with Crippen molar-refractivity contribution >= 4 is 29.8 Å². The van der Waals surface area contributed by atoms with Gasteiger partial charge in [0.25, 0.3) is 0 Å². The summed E-state index contributed by atoms with van der Waals surface area (Å²) in [5.74, 6) is -2.36. The Hall–Kier alpha value is -5.59. The van der Waals surface area contributed by atoms with Crippen molar-refractivity contribution < 1.29 is 38.4 Å². The number of rotatable bonds is 10. The van der Waals surface area contributed by atoms with Crippen LogP contribution in [0.1, 0.15) is 49.8 Å². The Morgan fingerprint density at radius 2 is 1.46 bits per heavy atom. The van der Waals surface area contributed by atoms with Gasteiger partial charge < -0.3 is 29.8 Å². The van der Waals surface area contributed by atoms with Crippen LogP contribution >= 0.6 is 0 Å². The fraction of sp³-hybridized carbons (Fsp3) is 0.206. The van der Waals surface area contributed by atoms with E-state index in [-0.39, 0.29) is 34.7 Å². The molecule has 3 N–H and O–H groups in total. The molecule has 5 rings (SSSR count). The lowest BCUT2D eigenvalue weighted by molar-refractivity contribution is -0.111. The van der Waals surface area contributed by atoms with Crippen LogP contribution in [0.5, 0.6) is 0 Å². The fourth-order valence-corrected chi connectivity index (χ4v) is 5.03. The monoisotopic (exact) mass is 625 g/mol. The second kappa shape index (κ2) is 14.0. The number of nitrogens with two attached hydrogens (primary N) is 1. The number of hydrogen-bond acceptors (Lipinski definition) is 11. The minimum absolute atomic E-state index is 0.118. The molecule has 0 amide bonds. The van der Waals surface area contributed by atoms with Crippen molar-refractivity contribution in [3.63, 3.8) is 0 Å². The van der Waals surface area contributed by atoms with Gasteiger partial charge in [-0.05, 0) is 43.3 Å². The van der Waals surface area contributed by atoms with Crippen LogP contribution in [0.4, 0.5) is 5.82 Å². The number of aromatic nitrogens is 2. The van der Waals surface area contributed by atoms with Gasteiger partial charge in [0.05, 0.1) is 23.3 Å². The summed E-state index contributed by atoms with van der Waals surface area (Å²) >= 11 is 0. The summed E-state index contributed by atoms with van der Waals surface area (Å²) < 4.78 is 24.9. The molecule has 0 aliphatic carbocycles. The van der Waals surface area contributed by atoms with Crippen LogP contribution in [0.3, 0.4) is 0 Å². The topological polar surface area (TPSA) is 169 Å². The summed E-state index contributed by atoms with van der Waals surface area (Å²) in [6.45, 7) is 0.702. The van der Waals surface area contributed by atoms with Gasteiger partial charge in [-0.25, -0.2) is 19.2 Å². The van der Waals surface area contributed by atoms with Crippen molar-refractivity contribution in [3.8, 4) is 0 Å². The van der Waals surface area contributed by atoms with Gasteiger partial charge in [0.1, 0.15) is 18.5 Å². The molecule has 0 unspecified atom stereocenters. The lowest BCUT2D eigenvalue weighted by atomic mass is 9.95. The third kappa shape index (κ3) is 6.88. The third-order valence-electron chi connectivity index (χ3n) is 7.32.